The molecule has 0 saturated carbocycles. The summed E-state index contributed by atoms with van der Waals surface area (Å²) in [6.07, 6.45) is 1.40. The van der Waals surface area contributed by atoms with E-state index in [0.717, 1.165) is 11.1 Å². The predicted octanol–water partition coefficient (Wildman–Crippen LogP) is 3.32. The van der Waals surface area contributed by atoms with Crippen molar-refractivity contribution in [2.24, 2.45) is 0 Å². The highest BCUT2D eigenvalue weighted by Gasteiger charge is 2.15. The summed E-state index contributed by atoms with van der Waals surface area (Å²) in [6.45, 7) is 1.99. The van der Waals surface area contributed by atoms with Crippen molar-refractivity contribution in [2.45, 2.75) is 13.5 Å². The van der Waals surface area contributed by atoms with Crippen LogP contribution in [0.4, 0.5) is 0 Å². The van der Waals surface area contributed by atoms with E-state index in [9.17, 15) is 4.79 Å². The first-order chi connectivity index (χ1) is 11.1. The third-order valence-electron chi connectivity index (χ3n) is 3.38. The average Bonchev–Trinajstić information content (AvgIpc) is 2.95. The highest BCUT2D eigenvalue weighted by molar-refractivity contribution is 5.87. The highest BCUT2D eigenvalue weighted by Crippen LogP contribution is 2.26. The van der Waals surface area contributed by atoms with Gasteiger partial charge in [0.1, 0.15) is 18.1 Å². The Hall–Kier alpha value is -3.15. The molecule has 0 radical (unpaired) electrons. The van der Waals surface area contributed by atoms with Crippen LogP contribution < -0.4 is 4.74 Å². The minimum absolute atomic E-state index is 0.125. The van der Waals surface area contributed by atoms with Gasteiger partial charge in [0, 0.05) is 17.8 Å². The maximum atomic E-state index is 11.0. The van der Waals surface area contributed by atoms with Crippen molar-refractivity contribution in [2.75, 3.05) is 0 Å². The molecule has 0 bridgehead atoms. The minimum atomic E-state index is -1.02. The summed E-state index contributed by atoms with van der Waals surface area (Å²) < 4.78 is 10.9. The van der Waals surface area contributed by atoms with E-state index in [1.54, 1.807) is 6.92 Å². The van der Waals surface area contributed by atoms with E-state index in [4.69, 9.17) is 14.4 Å². The summed E-state index contributed by atoms with van der Waals surface area (Å²) in [4.78, 5) is 15.0. The second-order valence-electron chi connectivity index (χ2n) is 4.91. The van der Waals surface area contributed by atoms with Crippen molar-refractivity contribution in [3.63, 3.8) is 0 Å². The number of nitrogens with zero attached hydrogens (tertiary/aromatic N) is 2. The van der Waals surface area contributed by atoms with Gasteiger partial charge in [-0.05, 0) is 13.0 Å². The highest BCUT2D eigenvalue weighted by atomic mass is 16.5. The van der Waals surface area contributed by atoms with Gasteiger partial charge in [0.05, 0.1) is 11.1 Å². The van der Waals surface area contributed by atoms with Gasteiger partial charge in [-0.3, -0.25) is 0 Å². The number of aromatic nitrogens is 2. The lowest BCUT2D eigenvalue weighted by molar-refractivity contribution is 0.0696. The van der Waals surface area contributed by atoms with Crippen LogP contribution in [0.25, 0.3) is 11.3 Å². The molecular weight excluding hydrogens is 296 g/mol. The Kier molecular flexibility index (Phi) is 4.05. The standard InChI is InChI=1S/C17H14N2O4/c1-11-14(16(19-23-11)12-5-3-2-4-6-12)10-22-15-9-13(17(20)21)7-8-18-15/h2-9H,10H2,1H3,(H,20,21). The van der Waals surface area contributed by atoms with E-state index in [1.165, 1.54) is 18.3 Å². The molecule has 0 aliphatic rings. The Labute approximate surface area is 132 Å². The van der Waals surface area contributed by atoms with Crippen LogP contribution in [-0.4, -0.2) is 21.2 Å². The van der Waals surface area contributed by atoms with Gasteiger partial charge in [0.15, 0.2) is 0 Å². The van der Waals surface area contributed by atoms with Crippen LogP contribution in [0.2, 0.25) is 0 Å². The van der Waals surface area contributed by atoms with Gasteiger partial charge in [-0.15, -0.1) is 0 Å². The molecule has 0 spiro atoms. The largest absolute Gasteiger partial charge is 0.478 e. The van der Waals surface area contributed by atoms with E-state index < -0.39 is 5.97 Å². The van der Waals surface area contributed by atoms with Crippen molar-refractivity contribution in [1.29, 1.82) is 0 Å². The topological polar surface area (TPSA) is 85.5 Å². The zero-order valence-electron chi connectivity index (χ0n) is 12.4. The molecule has 3 aromatic rings. The van der Waals surface area contributed by atoms with E-state index in [1.807, 2.05) is 30.3 Å². The molecule has 1 aromatic carbocycles. The number of hydrogen-bond acceptors (Lipinski definition) is 5. The molecular formula is C17H14N2O4. The van der Waals surface area contributed by atoms with Crippen LogP contribution in [0, 0.1) is 6.92 Å². The first-order valence-corrected chi connectivity index (χ1v) is 6.98. The van der Waals surface area contributed by atoms with Crippen LogP contribution >= 0.6 is 0 Å². The molecule has 2 heterocycles. The SMILES string of the molecule is Cc1onc(-c2ccccc2)c1COc1cc(C(=O)O)ccn1. The third-order valence-corrected chi connectivity index (χ3v) is 3.38. The molecule has 0 unspecified atom stereocenters. The van der Waals surface area contributed by atoms with Crippen LogP contribution in [0.15, 0.2) is 53.2 Å². The van der Waals surface area contributed by atoms with E-state index >= 15 is 0 Å². The lowest BCUT2D eigenvalue weighted by Crippen LogP contribution is -2.02. The summed E-state index contributed by atoms with van der Waals surface area (Å²) in [5, 5.41) is 13.1. The molecule has 1 N–H and O–H groups in total. The van der Waals surface area contributed by atoms with Crippen molar-refractivity contribution in [1.82, 2.24) is 10.1 Å². The number of rotatable bonds is 5. The number of aromatic carboxylic acids is 1. The molecule has 0 saturated heterocycles. The lowest BCUT2D eigenvalue weighted by atomic mass is 10.1. The Bertz CT molecular complexity index is 828. The summed E-state index contributed by atoms with van der Waals surface area (Å²) in [5.74, 6) is -0.133. The Balaban J connectivity index is 1.83. The fourth-order valence-electron chi connectivity index (χ4n) is 2.15. The number of aryl methyl sites for hydroxylation is 1. The summed E-state index contributed by atoms with van der Waals surface area (Å²) in [6, 6.07) is 12.4. The van der Waals surface area contributed by atoms with E-state index in [0.29, 0.717) is 11.5 Å². The van der Waals surface area contributed by atoms with Gasteiger partial charge in [-0.2, -0.15) is 0 Å². The maximum Gasteiger partial charge on any atom is 0.335 e. The molecule has 23 heavy (non-hydrogen) atoms. The predicted molar refractivity (Wildman–Crippen MR) is 82.2 cm³/mol. The van der Waals surface area contributed by atoms with Gasteiger partial charge in [-0.25, -0.2) is 9.78 Å². The third kappa shape index (κ3) is 3.21. The lowest BCUT2D eigenvalue weighted by Gasteiger charge is -2.06. The summed E-state index contributed by atoms with van der Waals surface area (Å²) in [7, 11) is 0. The van der Waals surface area contributed by atoms with E-state index in [-0.39, 0.29) is 18.1 Å². The first-order valence-electron chi connectivity index (χ1n) is 6.98. The number of carbonyl (C=O) groups is 1. The second kappa shape index (κ2) is 6.31. The number of pyridine rings is 1. The number of carboxylic acid groups (broad SMARTS) is 1. The first kappa shape index (κ1) is 14.8. The number of carboxylic acids is 1. The molecule has 3 rings (SSSR count). The van der Waals surface area contributed by atoms with Gasteiger partial charge < -0.3 is 14.4 Å². The van der Waals surface area contributed by atoms with Crippen LogP contribution in [0.5, 0.6) is 5.88 Å². The molecule has 2 aromatic heterocycles. The molecule has 116 valence electrons. The summed E-state index contributed by atoms with van der Waals surface area (Å²) in [5.41, 5.74) is 2.56. The van der Waals surface area contributed by atoms with E-state index in [2.05, 4.69) is 10.1 Å². The minimum Gasteiger partial charge on any atom is -0.478 e. The van der Waals surface area contributed by atoms with Crippen molar-refractivity contribution in [3.8, 4) is 17.1 Å². The molecule has 0 amide bonds. The van der Waals surface area contributed by atoms with Gasteiger partial charge >= 0.3 is 5.97 Å². The Morgan fingerprint density at radius 1 is 1.26 bits per heavy atom. The van der Waals surface area contributed by atoms with Gasteiger partial charge in [0.2, 0.25) is 5.88 Å². The maximum absolute atomic E-state index is 11.0. The second-order valence-corrected chi connectivity index (χ2v) is 4.91. The average molecular weight is 310 g/mol. The smallest absolute Gasteiger partial charge is 0.335 e. The zero-order valence-corrected chi connectivity index (χ0v) is 12.4. The zero-order chi connectivity index (χ0) is 16.2. The van der Waals surface area contributed by atoms with Crippen molar-refractivity contribution >= 4 is 5.97 Å². The molecule has 0 atom stereocenters. The summed E-state index contributed by atoms with van der Waals surface area (Å²) >= 11 is 0. The van der Waals surface area contributed by atoms with Crippen LogP contribution in [0.3, 0.4) is 0 Å². The Morgan fingerprint density at radius 2 is 2.04 bits per heavy atom. The normalized spacial score (nSPS) is 10.5. The van der Waals surface area contributed by atoms with Crippen molar-refractivity contribution in [3.05, 3.63) is 65.5 Å². The van der Waals surface area contributed by atoms with Crippen molar-refractivity contribution < 1.29 is 19.2 Å². The molecule has 6 nitrogen and oxygen atoms in total. The molecule has 0 aliphatic carbocycles. The monoisotopic (exact) mass is 310 g/mol. The molecule has 6 heteroatoms. The van der Waals surface area contributed by atoms with Crippen LogP contribution in [-0.2, 0) is 6.61 Å². The molecule has 0 fully saturated rings. The Morgan fingerprint density at radius 3 is 2.78 bits per heavy atom. The molecule has 0 aliphatic heterocycles. The van der Waals surface area contributed by atoms with Gasteiger partial charge in [0.25, 0.3) is 0 Å². The number of benzene rings is 1. The fraction of sp³-hybridized carbons (Fsp3) is 0.118. The number of ether oxygens (including phenoxy) is 1. The number of hydrogen-bond donors (Lipinski definition) is 1. The van der Waals surface area contributed by atoms with Gasteiger partial charge in [-0.1, -0.05) is 35.5 Å². The fourth-order valence-corrected chi connectivity index (χ4v) is 2.15. The quantitative estimate of drug-likeness (QED) is 0.778. The van der Waals surface area contributed by atoms with Crippen LogP contribution in [0.1, 0.15) is 21.7 Å².